The van der Waals surface area contributed by atoms with E-state index in [0.717, 1.165) is 11.0 Å². The van der Waals surface area contributed by atoms with Crippen molar-refractivity contribution in [2.24, 2.45) is 0 Å². The number of nitrogens with one attached hydrogen (secondary N) is 1. The lowest BCUT2D eigenvalue weighted by molar-refractivity contribution is -0.376. The Morgan fingerprint density at radius 2 is 1.71 bits per heavy atom. The number of rotatable bonds is 12. The van der Waals surface area contributed by atoms with E-state index in [-0.39, 0.29) is 37.0 Å². The van der Waals surface area contributed by atoms with Gasteiger partial charge in [0.25, 0.3) is 11.5 Å². The molecule has 3 rings (SSSR count). The number of aryl methyl sites for hydroxylation is 1. The first-order valence-corrected chi connectivity index (χ1v) is 13.3. The lowest BCUT2D eigenvalue weighted by Gasteiger charge is -2.33. The van der Waals surface area contributed by atoms with Gasteiger partial charge >= 0.3 is 18.4 Å². The second-order valence-corrected chi connectivity index (χ2v) is 10.4. The second kappa shape index (κ2) is 12.4. The normalized spacial score (nSPS) is 18.0. The maximum Gasteiger partial charge on any atom is 0.430 e. The molecule has 232 valence electrons. The first-order chi connectivity index (χ1) is 19.5. The molecule has 0 aliphatic carbocycles. The zero-order chi connectivity index (χ0) is 31.5. The lowest BCUT2D eigenvalue weighted by atomic mass is 9.90. The molecule has 0 radical (unpaired) electrons. The van der Waals surface area contributed by atoms with Crippen LogP contribution in [0.15, 0.2) is 36.5 Å². The van der Waals surface area contributed by atoms with Crippen LogP contribution in [0.1, 0.15) is 63.6 Å². The van der Waals surface area contributed by atoms with E-state index in [4.69, 9.17) is 9.47 Å². The van der Waals surface area contributed by atoms with Crippen LogP contribution >= 0.6 is 0 Å². The minimum absolute atomic E-state index is 0.0149. The molecule has 2 aromatic rings. The van der Waals surface area contributed by atoms with Gasteiger partial charge in [-0.1, -0.05) is 19.4 Å². The Morgan fingerprint density at radius 1 is 1.05 bits per heavy atom. The van der Waals surface area contributed by atoms with Crippen molar-refractivity contribution in [3.05, 3.63) is 53.2 Å². The number of aromatic nitrogens is 1. The molecule has 1 aromatic heterocycles. The first kappa shape index (κ1) is 33.0. The molecule has 0 spiro atoms. The molecule has 3 amide bonds. The highest BCUT2D eigenvalue weighted by molar-refractivity contribution is 6.07. The second-order valence-electron chi connectivity index (χ2n) is 10.4. The van der Waals surface area contributed by atoms with E-state index in [1.807, 2.05) is 13.8 Å². The molecule has 1 aliphatic rings. The number of halogens is 6. The number of benzene rings is 1. The highest BCUT2D eigenvalue weighted by Gasteiger charge is 2.71. The third-order valence-electron chi connectivity index (χ3n) is 6.80. The summed E-state index contributed by atoms with van der Waals surface area (Å²) in [4.78, 5) is 31.0. The summed E-state index contributed by atoms with van der Waals surface area (Å²) in [5, 5.41) is 12.4. The lowest BCUT2D eigenvalue weighted by Crippen LogP contribution is -2.53. The topological polar surface area (TPSA) is 101 Å². The highest BCUT2D eigenvalue weighted by Crippen LogP contribution is 2.50. The zero-order valence-electron chi connectivity index (χ0n) is 23.5. The predicted molar refractivity (Wildman–Crippen MR) is 139 cm³/mol. The number of pyridine rings is 1. The average Bonchev–Trinajstić information content (AvgIpc) is 3.11. The molecule has 8 nitrogen and oxygen atoms in total. The first-order valence-electron chi connectivity index (χ1n) is 13.3. The summed E-state index contributed by atoms with van der Waals surface area (Å²) in [6.07, 6.45) is -9.48. The Bertz CT molecular complexity index is 1250. The quantitative estimate of drug-likeness (QED) is 0.181. The van der Waals surface area contributed by atoms with Crippen molar-refractivity contribution in [2.45, 2.75) is 83.0 Å². The van der Waals surface area contributed by atoms with Gasteiger partial charge in [0.05, 0.1) is 12.7 Å². The van der Waals surface area contributed by atoms with Gasteiger partial charge in [0.2, 0.25) is 5.88 Å². The molecule has 0 saturated carbocycles. The molecule has 42 heavy (non-hydrogen) atoms. The van der Waals surface area contributed by atoms with Crippen molar-refractivity contribution in [2.75, 3.05) is 13.2 Å². The van der Waals surface area contributed by atoms with Crippen molar-refractivity contribution < 1.29 is 50.5 Å². The summed E-state index contributed by atoms with van der Waals surface area (Å²) in [6.45, 7) is 7.00. The summed E-state index contributed by atoms with van der Waals surface area (Å²) in [7, 11) is 0. The van der Waals surface area contributed by atoms with Crippen molar-refractivity contribution in [1.82, 2.24) is 15.2 Å². The molecule has 2 N–H and O–H groups in total. The molecule has 0 bridgehead atoms. The number of aliphatic hydroxyl groups is 1. The summed E-state index contributed by atoms with van der Waals surface area (Å²) in [5.74, 6) is -0.0262. The van der Waals surface area contributed by atoms with E-state index in [1.54, 1.807) is 26.0 Å². The van der Waals surface area contributed by atoms with E-state index in [0.29, 0.717) is 42.8 Å². The molecule has 1 fully saturated rings. The maximum atomic E-state index is 13.3. The summed E-state index contributed by atoms with van der Waals surface area (Å²) in [6, 6.07) is 4.82. The minimum atomic E-state index is -5.99. The van der Waals surface area contributed by atoms with Crippen molar-refractivity contribution in [1.29, 1.82) is 0 Å². The zero-order valence-corrected chi connectivity index (χ0v) is 23.5. The van der Waals surface area contributed by atoms with Gasteiger partial charge in [-0.05, 0) is 63.8 Å². The van der Waals surface area contributed by atoms with Crippen LogP contribution in [-0.4, -0.2) is 58.5 Å². The van der Waals surface area contributed by atoms with E-state index >= 15 is 0 Å². The molecular weight excluding hydrogens is 572 g/mol. The highest BCUT2D eigenvalue weighted by atomic mass is 19.4. The fourth-order valence-corrected chi connectivity index (χ4v) is 4.54. The Labute approximate surface area is 239 Å². The number of unbranched alkanes of at least 4 members (excludes halogenated alkanes) is 1. The SMILES string of the molecule is CCCc1cc(C(O)(C(F)(F)F)C(F)(F)F)ccc1OCCCCN1C(=O)NC(C)(c2ccc(OC(C)C)nc2)C1=O. The number of hydrogen-bond donors (Lipinski definition) is 2. The number of nitrogens with zero attached hydrogens (tertiary/aromatic N) is 2. The van der Waals surface area contributed by atoms with Gasteiger partial charge in [-0.2, -0.15) is 26.3 Å². The van der Waals surface area contributed by atoms with Crippen LogP contribution < -0.4 is 14.8 Å². The van der Waals surface area contributed by atoms with Crippen molar-refractivity contribution >= 4 is 11.9 Å². The number of amides is 3. The van der Waals surface area contributed by atoms with Gasteiger partial charge in [0.1, 0.15) is 11.3 Å². The van der Waals surface area contributed by atoms with Gasteiger partial charge in [-0.25, -0.2) is 9.78 Å². The molecule has 2 heterocycles. The molecular formula is C28H33F6N3O5. The molecule has 1 aliphatic heterocycles. The van der Waals surface area contributed by atoms with E-state index < -0.39 is 41.0 Å². The third-order valence-corrected chi connectivity index (χ3v) is 6.80. The molecule has 14 heteroatoms. The number of carbonyl (C=O) groups excluding carboxylic acids is 2. The van der Waals surface area contributed by atoms with Crippen LogP contribution in [-0.2, 0) is 22.4 Å². The van der Waals surface area contributed by atoms with E-state index in [2.05, 4.69) is 10.3 Å². The molecule has 1 unspecified atom stereocenters. The van der Waals surface area contributed by atoms with Crippen LogP contribution in [0.3, 0.4) is 0 Å². The monoisotopic (exact) mass is 605 g/mol. The number of ether oxygens (including phenoxy) is 2. The van der Waals surface area contributed by atoms with Crippen LogP contribution in [0.25, 0.3) is 0 Å². The third kappa shape index (κ3) is 6.58. The van der Waals surface area contributed by atoms with Crippen LogP contribution in [0, 0.1) is 0 Å². The van der Waals surface area contributed by atoms with Crippen LogP contribution in [0.2, 0.25) is 0 Å². The largest absolute Gasteiger partial charge is 0.493 e. The molecule has 1 atom stereocenters. The summed E-state index contributed by atoms with van der Waals surface area (Å²) >= 11 is 0. The average molecular weight is 606 g/mol. The predicted octanol–water partition coefficient (Wildman–Crippen LogP) is 5.76. The van der Waals surface area contributed by atoms with E-state index in [1.165, 1.54) is 6.20 Å². The molecule has 1 saturated heterocycles. The van der Waals surface area contributed by atoms with Crippen molar-refractivity contribution in [3.8, 4) is 11.6 Å². The van der Waals surface area contributed by atoms with Crippen molar-refractivity contribution in [3.63, 3.8) is 0 Å². The van der Waals surface area contributed by atoms with Gasteiger partial charge in [0.15, 0.2) is 0 Å². The molecule has 1 aromatic carbocycles. The smallest absolute Gasteiger partial charge is 0.430 e. The van der Waals surface area contributed by atoms with E-state index in [9.17, 15) is 41.0 Å². The van der Waals surface area contributed by atoms with Gasteiger partial charge in [-0.15, -0.1) is 0 Å². The number of hydrogen-bond acceptors (Lipinski definition) is 6. The summed E-state index contributed by atoms with van der Waals surface area (Å²) < 4.78 is 91.0. The Kier molecular flexibility index (Phi) is 9.70. The minimum Gasteiger partial charge on any atom is -0.493 e. The maximum absolute atomic E-state index is 13.3. The van der Waals surface area contributed by atoms with Gasteiger partial charge < -0.3 is 19.9 Å². The fraction of sp³-hybridized carbons (Fsp3) is 0.536. The number of imide groups is 1. The van der Waals surface area contributed by atoms with Gasteiger partial charge in [0, 0.05) is 29.9 Å². The fourth-order valence-electron chi connectivity index (χ4n) is 4.54. The number of alkyl halides is 6. The Balaban J connectivity index is 1.62. The number of carbonyl (C=O) groups is 2. The standard InChI is InChI=1S/C28H33F6N3O5/c1-5-8-18-15-19(26(40,27(29,30)31)28(32,33)34)9-11-21(18)41-14-7-6-13-37-23(38)25(4,36-24(37)39)20-10-12-22(35-16-20)42-17(2)3/h9-12,15-17,40H,5-8,13-14H2,1-4H3,(H,36,39). The van der Waals surface area contributed by atoms with Gasteiger partial charge in [-0.3, -0.25) is 9.69 Å². The van der Waals surface area contributed by atoms with Crippen LogP contribution in [0.4, 0.5) is 31.1 Å². The number of urea groups is 1. The van der Waals surface area contributed by atoms with Crippen LogP contribution in [0.5, 0.6) is 11.6 Å². The summed E-state index contributed by atoms with van der Waals surface area (Å²) in [5.41, 5.74) is -7.17. The Morgan fingerprint density at radius 3 is 2.26 bits per heavy atom. The Hall–Kier alpha value is -3.55.